The molecule has 2 atom stereocenters. The van der Waals surface area contributed by atoms with Crippen molar-refractivity contribution in [2.75, 3.05) is 12.3 Å². The summed E-state index contributed by atoms with van der Waals surface area (Å²) in [6, 6.07) is -1.35. The van der Waals surface area contributed by atoms with Crippen molar-refractivity contribution >= 4 is 36.1 Å². The zero-order valence-electron chi connectivity index (χ0n) is 14.0. The molecule has 8 heteroatoms. The molecule has 3 N–H and O–H groups in total. The number of amides is 3. The number of thiol groups is 1. The van der Waals surface area contributed by atoms with Crippen LogP contribution in [0.25, 0.3) is 0 Å². The first-order valence-electron chi connectivity index (χ1n) is 7.77. The van der Waals surface area contributed by atoms with Crippen LogP contribution in [0.4, 0.5) is 0 Å². The molecule has 0 rings (SSSR count). The van der Waals surface area contributed by atoms with Crippen molar-refractivity contribution in [1.82, 2.24) is 16.0 Å². The summed E-state index contributed by atoms with van der Waals surface area (Å²) in [5, 5.41) is 7.94. The summed E-state index contributed by atoms with van der Waals surface area (Å²) in [6.45, 7) is 5.05. The lowest BCUT2D eigenvalue weighted by atomic mass is 10.1. The van der Waals surface area contributed by atoms with Gasteiger partial charge in [0.2, 0.25) is 17.7 Å². The van der Waals surface area contributed by atoms with Crippen molar-refractivity contribution < 1.29 is 19.2 Å². The molecule has 0 aliphatic rings. The maximum Gasteiger partial charge on any atom is 0.243 e. The molecule has 3 amide bonds. The number of rotatable bonds is 11. The molecule has 0 heterocycles. The van der Waals surface area contributed by atoms with Gasteiger partial charge in [-0.05, 0) is 26.2 Å². The summed E-state index contributed by atoms with van der Waals surface area (Å²) < 4.78 is 0. The van der Waals surface area contributed by atoms with Gasteiger partial charge in [-0.3, -0.25) is 19.2 Å². The van der Waals surface area contributed by atoms with Gasteiger partial charge < -0.3 is 16.0 Å². The lowest BCUT2D eigenvalue weighted by molar-refractivity contribution is -0.131. The third-order valence-electron chi connectivity index (χ3n) is 3.26. The molecule has 0 aliphatic heterocycles. The standard InChI is InChI=1S/C15H27N3O4S/c1-4-14(21)17-12(7-5-6-8-16-11(3)20)15(22)18-13(9-23)10(2)19/h12-13,23H,4-9H2,1-3H3,(H,16,20)(H,17,21)(H,18,22)/t12-,13?/m1/s1. The Morgan fingerprint density at radius 1 is 1.00 bits per heavy atom. The van der Waals surface area contributed by atoms with Crippen molar-refractivity contribution in [1.29, 1.82) is 0 Å². The second-order valence-corrected chi connectivity index (χ2v) is 5.67. The fraction of sp³-hybridized carbons (Fsp3) is 0.733. The maximum absolute atomic E-state index is 12.3. The molecule has 0 aromatic carbocycles. The van der Waals surface area contributed by atoms with E-state index in [0.717, 1.165) is 0 Å². The zero-order chi connectivity index (χ0) is 17.8. The lowest BCUT2D eigenvalue weighted by Crippen LogP contribution is -2.51. The van der Waals surface area contributed by atoms with Crippen LogP contribution in [0.15, 0.2) is 0 Å². The Morgan fingerprint density at radius 3 is 2.13 bits per heavy atom. The van der Waals surface area contributed by atoms with Crippen LogP contribution in [-0.4, -0.2) is 47.9 Å². The van der Waals surface area contributed by atoms with Crippen LogP contribution in [-0.2, 0) is 19.2 Å². The van der Waals surface area contributed by atoms with Gasteiger partial charge in [-0.15, -0.1) is 0 Å². The topological polar surface area (TPSA) is 104 Å². The van der Waals surface area contributed by atoms with Crippen molar-refractivity contribution in [3.05, 3.63) is 0 Å². The van der Waals surface area contributed by atoms with E-state index < -0.39 is 12.1 Å². The van der Waals surface area contributed by atoms with E-state index in [1.165, 1.54) is 13.8 Å². The predicted octanol–water partition coefficient (Wildman–Crippen LogP) is 0.191. The smallest absolute Gasteiger partial charge is 0.243 e. The molecule has 23 heavy (non-hydrogen) atoms. The van der Waals surface area contributed by atoms with E-state index >= 15 is 0 Å². The predicted molar refractivity (Wildman–Crippen MR) is 91.2 cm³/mol. The van der Waals surface area contributed by atoms with Crippen LogP contribution in [0.5, 0.6) is 0 Å². The van der Waals surface area contributed by atoms with E-state index in [1.807, 2.05) is 0 Å². The summed E-state index contributed by atoms with van der Waals surface area (Å²) in [7, 11) is 0. The first-order chi connectivity index (χ1) is 10.8. The summed E-state index contributed by atoms with van der Waals surface area (Å²) in [5.41, 5.74) is 0. The van der Waals surface area contributed by atoms with E-state index in [4.69, 9.17) is 0 Å². The molecule has 0 fully saturated rings. The van der Waals surface area contributed by atoms with E-state index in [9.17, 15) is 19.2 Å². The Hall–Kier alpha value is -1.57. The monoisotopic (exact) mass is 345 g/mol. The van der Waals surface area contributed by atoms with Gasteiger partial charge in [-0.1, -0.05) is 6.92 Å². The van der Waals surface area contributed by atoms with Gasteiger partial charge in [0.1, 0.15) is 6.04 Å². The highest BCUT2D eigenvalue weighted by Crippen LogP contribution is 2.03. The van der Waals surface area contributed by atoms with Crippen molar-refractivity contribution in [3.8, 4) is 0 Å². The molecule has 0 aromatic heterocycles. The fourth-order valence-electron chi connectivity index (χ4n) is 1.85. The second-order valence-electron chi connectivity index (χ2n) is 5.31. The lowest BCUT2D eigenvalue weighted by Gasteiger charge is -2.21. The Morgan fingerprint density at radius 2 is 1.65 bits per heavy atom. The number of unbranched alkanes of at least 4 members (excludes halogenated alkanes) is 1. The van der Waals surface area contributed by atoms with E-state index in [-0.39, 0.29) is 35.7 Å². The minimum atomic E-state index is -0.693. The molecular weight excluding hydrogens is 318 g/mol. The maximum atomic E-state index is 12.3. The third-order valence-corrected chi connectivity index (χ3v) is 3.62. The number of Topliss-reactive ketones (excluding diaryl/α,β-unsaturated/α-hetero) is 1. The number of hydrogen-bond donors (Lipinski definition) is 4. The fourth-order valence-corrected chi connectivity index (χ4v) is 2.20. The quantitative estimate of drug-likeness (QED) is 0.317. The van der Waals surface area contributed by atoms with Crippen molar-refractivity contribution in [2.45, 2.75) is 58.5 Å². The average molecular weight is 345 g/mol. The highest BCUT2D eigenvalue weighted by atomic mass is 32.1. The summed E-state index contributed by atoms with van der Waals surface area (Å²) in [4.78, 5) is 46.0. The number of carbonyl (C=O) groups excluding carboxylic acids is 4. The molecule has 0 aliphatic carbocycles. The first kappa shape index (κ1) is 21.4. The number of nitrogens with one attached hydrogen (secondary N) is 3. The average Bonchev–Trinajstić information content (AvgIpc) is 2.49. The van der Waals surface area contributed by atoms with Gasteiger partial charge in [-0.2, -0.15) is 12.6 Å². The Bertz CT molecular complexity index is 429. The van der Waals surface area contributed by atoms with Crippen molar-refractivity contribution in [2.24, 2.45) is 0 Å². The third kappa shape index (κ3) is 9.93. The van der Waals surface area contributed by atoms with Gasteiger partial charge in [0, 0.05) is 25.6 Å². The summed E-state index contributed by atoms with van der Waals surface area (Å²) >= 11 is 4.04. The number of ketones is 1. The Balaban J connectivity index is 4.53. The van der Waals surface area contributed by atoms with Crippen LogP contribution in [0, 0.1) is 0 Å². The molecule has 0 aromatic rings. The van der Waals surface area contributed by atoms with Crippen LogP contribution in [0.3, 0.4) is 0 Å². The van der Waals surface area contributed by atoms with Crippen LogP contribution >= 0.6 is 12.6 Å². The summed E-state index contributed by atoms with van der Waals surface area (Å²) in [6.07, 6.45) is 2.08. The molecule has 0 bridgehead atoms. The Kier molecular flexibility index (Phi) is 11.1. The van der Waals surface area contributed by atoms with Gasteiger partial charge in [0.15, 0.2) is 5.78 Å². The molecule has 0 spiro atoms. The van der Waals surface area contributed by atoms with Crippen LogP contribution in [0.2, 0.25) is 0 Å². The zero-order valence-corrected chi connectivity index (χ0v) is 14.9. The molecule has 7 nitrogen and oxygen atoms in total. The minimum Gasteiger partial charge on any atom is -0.356 e. The van der Waals surface area contributed by atoms with Gasteiger partial charge in [0.25, 0.3) is 0 Å². The van der Waals surface area contributed by atoms with Gasteiger partial charge in [-0.25, -0.2) is 0 Å². The molecule has 0 saturated heterocycles. The van der Waals surface area contributed by atoms with E-state index in [1.54, 1.807) is 6.92 Å². The second kappa shape index (κ2) is 11.9. The number of carbonyl (C=O) groups is 4. The van der Waals surface area contributed by atoms with Gasteiger partial charge >= 0.3 is 0 Å². The normalized spacial score (nSPS) is 12.9. The first-order valence-corrected chi connectivity index (χ1v) is 8.40. The molecule has 1 unspecified atom stereocenters. The molecule has 132 valence electrons. The summed E-state index contributed by atoms with van der Waals surface area (Å²) in [5.74, 6) is -0.688. The van der Waals surface area contributed by atoms with Crippen LogP contribution < -0.4 is 16.0 Å². The molecule has 0 saturated carbocycles. The van der Waals surface area contributed by atoms with E-state index in [2.05, 4.69) is 28.6 Å². The largest absolute Gasteiger partial charge is 0.356 e. The highest BCUT2D eigenvalue weighted by Gasteiger charge is 2.23. The molecule has 0 radical (unpaired) electrons. The van der Waals surface area contributed by atoms with Gasteiger partial charge in [0.05, 0.1) is 6.04 Å². The Labute approximate surface area is 142 Å². The van der Waals surface area contributed by atoms with Crippen LogP contribution in [0.1, 0.15) is 46.5 Å². The van der Waals surface area contributed by atoms with E-state index in [0.29, 0.717) is 25.8 Å². The molecular formula is C15H27N3O4S. The highest BCUT2D eigenvalue weighted by molar-refractivity contribution is 7.80. The number of hydrogen-bond acceptors (Lipinski definition) is 5. The SMILES string of the molecule is CCC(=O)N[C@H](CCCCNC(C)=O)C(=O)NC(CS)C(C)=O. The minimum absolute atomic E-state index is 0.100. The van der Waals surface area contributed by atoms with Crippen molar-refractivity contribution in [3.63, 3.8) is 0 Å².